The number of rotatable bonds is 2. The third-order valence-corrected chi connectivity index (χ3v) is 0.464. The van der Waals surface area contributed by atoms with Crippen LogP contribution in [0.1, 0.15) is 19.8 Å². The third kappa shape index (κ3) is 18.9. The van der Waals surface area contributed by atoms with E-state index in [4.69, 9.17) is 5.11 Å². The summed E-state index contributed by atoms with van der Waals surface area (Å²) in [6.45, 7) is 7.84. The number of hydrogen-bond donors (Lipinski definition) is 1. The van der Waals surface area contributed by atoms with Crippen molar-refractivity contribution < 1.29 is 9.90 Å². The molecule has 0 saturated carbocycles. The molecule has 0 aromatic rings. The molecule has 2 heteroatoms. The molecule has 0 spiro atoms. The predicted molar refractivity (Wildman–Crippen MR) is 33.8 cm³/mol. The van der Waals surface area contributed by atoms with E-state index in [0.717, 1.165) is 6.42 Å². The third-order valence-electron chi connectivity index (χ3n) is 0.464. The molecule has 0 aliphatic rings. The van der Waals surface area contributed by atoms with Gasteiger partial charge in [0.1, 0.15) is 0 Å². The van der Waals surface area contributed by atoms with Crippen LogP contribution < -0.4 is 0 Å². The van der Waals surface area contributed by atoms with E-state index in [2.05, 4.69) is 13.2 Å². The molecule has 0 aromatic heterocycles. The lowest BCUT2D eigenvalue weighted by Crippen LogP contribution is -1.90. The standard InChI is InChI=1S/C4H8O2.C2H4/c1-2-3-4(5)6;1-2/h2-3H2,1H3,(H,5,6);1-2H2. The molecule has 2 nitrogen and oxygen atoms in total. The van der Waals surface area contributed by atoms with Crippen molar-refractivity contribution in [2.45, 2.75) is 19.8 Å². The first-order valence-corrected chi connectivity index (χ1v) is 2.49. The molecule has 0 heterocycles. The molecule has 8 heavy (non-hydrogen) atoms. The average molecular weight is 116 g/mol. The molecule has 0 aromatic carbocycles. The van der Waals surface area contributed by atoms with Crippen LogP contribution in [0.15, 0.2) is 13.2 Å². The predicted octanol–water partition coefficient (Wildman–Crippen LogP) is 1.67. The van der Waals surface area contributed by atoms with Crippen LogP contribution in [0.4, 0.5) is 0 Å². The first kappa shape index (κ1) is 10.2. The highest BCUT2D eigenvalue weighted by atomic mass is 16.4. The van der Waals surface area contributed by atoms with Gasteiger partial charge in [-0.3, -0.25) is 4.79 Å². The molecule has 0 rings (SSSR count). The van der Waals surface area contributed by atoms with Crippen molar-refractivity contribution in [1.29, 1.82) is 0 Å². The monoisotopic (exact) mass is 116 g/mol. The van der Waals surface area contributed by atoms with Gasteiger partial charge >= 0.3 is 5.97 Å². The van der Waals surface area contributed by atoms with Crippen molar-refractivity contribution in [2.75, 3.05) is 0 Å². The van der Waals surface area contributed by atoms with Crippen LogP contribution in [-0.4, -0.2) is 11.1 Å². The summed E-state index contributed by atoms with van der Waals surface area (Å²) >= 11 is 0. The lowest BCUT2D eigenvalue weighted by molar-refractivity contribution is -0.137. The second-order valence-corrected chi connectivity index (χ2v) is 1.14. The highest BCUT2D eigenvalue weighted by Crippen LogP contribution is 1.82. The van der Waals surface area contributed by atoms with E-state index in [0.29, 0.717) is 6.42 Å². The van der Waals surface area contributed by atoms with Gasteiger partial charge in [-0.15, -0.1) is 13.2 Å². The van der Waals surface area contributed by atoms with E-state index in [1.54, 1.807) is 0 Å². The molecule has 0 amide bonds. The van der Waals surface area contributed by atoms with Crippen molar-refractivity contribution >= 4 is 5.97 Å². The summed E-state index contributed by atoms with van der Waals surface area (Å²) in [5.41, 5.74) is 0. The summed E-state index contributed by atoms with van der Waals surface area (Å²) in [6.07, 6.45) is 1.02. The van der Waals surface area contributed by atoms with Crippen LogP contribution in [0.3, 0.4) is 0 Å². The quantitative estimate of drug-likeness (QED) is 0.557. The average Bonchev–Trinajstić information content (AvgIpc) is 1.72. The van der Waals surface area contributed by atoms with Crippen molar-refractivity contribution in [3.8, 4) is 0 Å². The van der Waals surface area contributed by atoms with Gasteiger partial charge in [0.2, 0.25) is 0 Å². The minimum absolute atomic E-state index is 0.292. The Morgan fingerprint density at radius 2 is 2.00 bits per heavy atom. The smallest absolute Gasteiger partial charge is 0.303 e. The van der Waals surface area contributed by atoms with Crippen molar-refractivity contribution in [3.05, 3.63) is 13.2 Å². The number of carboxylic acids is 1. The first-order valence-electron chi connectivity index (χ1n) is 2.49. The van der Waals surface area contributed by atoms with E-state index in [-0.39, 0.29) is 0 Å². The van der Waals surface area contributed by atoms with Crippen LogP contribution >= 0.6 is 0 Å². The number of carbonyl (C=O) groups is 1. The molecule has 0 aliphatic heterocycles. The Kier molecular flexibility index (Phi) is 12.2. The fourth-order valence-corrected chi connectivity index (χ4v) is 0.214. The van der Waals surface area contributed by atoms with Gasteiger partial charge in [0.15, 0.2) is 0 Å². The van der Waals surface area contributed by atoms with Gasteiger partial charge in [-0.05, 0) is 6.42 Å². The Morgan fingerprint density at radius 3 is 2.00 bits per heavy atom. The summed E-state index contributed by atoms with van der Waals surface area (Å²) < 4.78 is 0. The zero-order chi connectivity index (χ0) is 6.99. The zero-order valence-electron chi connectivity index (χ0n) is 5.18. The van der Waals surface area contributed by atoms with Gasteiger partial charge in [-0.25, -0.2) is 0 Å². The van der Waals surface area contributed by atoms with Gasteiger partial charge in [0.05, 0.1) is 0 Å². The maximum atomic E-state index is 9.60. The molecule has 0 atom stereocenters. The summed E-state index contributed by atoms with van der Waals surface area (Å²) in [4.78, 5) is 9.60. The molecule has 48 valence electrons. The van der Waals surface area contributed by atoms with Crippen LogP contribution in [-0.2, 0) is 4.79 Å². The lowest BCUT2D eigenvalue weighted by Gasteiger charge is -1.79. The Balaban J connectivity index is 0. The van der Waals surface area contributed by atoms with E-state index in [1.807, 2.05) is 6.92 Å². The normalized spacial score (nSPS) is 6.62. The highest BCUT2D eigenvalue weighted by molar-refractivity contribution is 5.66. The Hall–Kier alpha value is -0.790. The number of aliphatic carboxylic acids is 1. The fourth-order valence-electron chi connectivity index (χ4n) is 0.214. The van der Waals surface area contributed by atoms with E-state index in [9.17, 15) is 4.79 Å². The molecule has 0 unspecified atom stereocenters. The Bertz CT molecular complexity index is 59.5. The van der Waals surface area contributed by atoms with Gasteiger partial charge in [-0.1, -0.05) is 6.92 Å². The molecule has 0 aliphatic carbocycles. The SMILES string of the molecule is C=C.CCCC(=O)O. The molecular weight excluding hydrogens is 104 g/mol. The highest BCUT2D eigenvalue weighted by Gasteiger charge is 1.87. The summed E-state index contributed by atoms with van der Waals surface area (Å²) in [5, 5.41) is 7.91. The molecule has 0 saturated heterocycles. The molecule has 0 fully saturated rings. The Morgan fingerprint density at radius 1 is 1.62 bits per heavy atom. The topological polar surface area (TPSA) is 37.3 Å². The van der Waals surface area contributed by atoms with E-state index >= 15 is 0 Å². The van der Waals surface area contributed by atoms with Gasteiger partial charge in [0, 0.05) is 6.42 Å². The van der Waals surface area contributed by atoms with Gasteiger partial charge in [-0.2, -0.15) is 0 Å². The van der Waals surface area contributed by atoms with Crippen LogP contribution in [0.25, 0.3) is 0 Å². The maximum Gasteiger partial charge on any atom is 0.303 e. The second kappa shape index (κ2) is 9.51. The van der Waals surface area contributed by atoms with E-state index < -0.39 is 5.97 Å². The van der Waals surface area contributed by atoms with Crippen LogP contribution in [0.5, 0.6) is 0 Å². The van der Waals surface area contributed by atoms with Gasteiger partial charge in [0.25, 0.3) is 0 Å². The minimum Gasteiger partial charge on any atom is -0.481 e. The fraction of sp³-hybridized carbons (Fsp3) is 0.500. The molecular formula is C6H12O2. The van der Waals surface area contributed by atoms with Crippen LogP contribution in [0.2, 0.25) is 0 Å². The summed E-state index contributed by atoms with van der Waals surface area (Å²) in [5.74, 6) is -0.711. The minimum atomic E-state index is -0.711. The lowest BCUT2D eigenvalue weighted by atomic mass is 10.4. The van der Waals surface area contributed by atoms with E-state index in [1.165, 1.54) is 0 Å². The molecule has 0 radical (unpaired) electrons. The summed E-state index contributed by atoms with van der Waals surface area (Å²) in [7, 11) is 0. The van der Waals surface area contributed by atoms with Crippen molar-refractivity contribution in [1.82, 2.24) is 0 Å². The first-order chi connectivity index (χ1) is 3.77. The number of hydrogen-bond acceptors (Lipinski definition) is 1. The Labute approximate surface area is 49.8 Å². The largest absolute Gasteiger partial charge is 0.481 e. The van der Waals surface area contributed by atoms with Crippen LogP contribution in [0, 0.1) is 0 Å². The maximum absolute atomic E-state index is 9.60. The molecule has 1 N–H and O–H groups in total. The molecule has 0 bridgehead atoms. The second-order valence-electron chi connectivity index (χ2n) is 1.14. The van der Waals surface area contributed by atoms with Crippen molar-refractivity contribution in [2.24, 2.45) is 0 Å². The summed E-state index contributed by atoms with van der Waals surface area (Å²) in [6, 6.07) is 0. The van der Waals surface area contributed by atoms with Crippen molar-refractivity contribution in [3.63, 3.8) is 0 Å². The zero-order valence-corrected chi connectivity index (χ0v) is 5.18. The number of carboxylic acid groups (broad SMARTS) is 1. The van der Waals surface area contributed by atoms with Gasteiger partial charge < -0.3 is 5.11 Å².